The van der Waals surface area contributed by atoms with E-state index in [1.165, 1.54) is 28.8 Å². The molecule has 0 saturated carbocycles. The van der Waals surface area contributed by atoms with Gasteiger partial charge >= 0.3 is 0 Å². The highest BCUT2D eigenvalue weighted by Gasteiger charge is 2.32. The summed E-state index contributed by atoms with van der Waals surface area (Å²) >= 11 is 1.34. The fourth-order valence-corrected chi connectivity index (χ4v) is 4.34. The number of nitrogens with one attached hydrogen (secondary N) is 1. The van der Waals surface area contributed by atoms with Crippen LogP contribution in [0.15, 0.2) is 65.6 Å². The average Bonchev–Trinajstić information content (AvgIpc) is 2.75. The van der Waals surface area contributed by atoms with Crippen LogP contribution in [0.25, 0.3) is 0 Å². The summed E-state index contributed by atoms with van der Waals surface area (Å²) in [5.41, 5.74) is 1.41. The lowest BCUT2D eigenvalue weighted by molar-refractivity contribution is -0.118. The van der Waals surface area contributed by atoms with Crippen LogP contribution < -0.4 is 10.2 Å². The van der Waals surface area contributed by atoms with Crippen LogP contribution in [0, 0.1) is 11.6 Å². The lowest BCUT2D eigenvalue weighted by Gasteiger charge is -2.31. The van der Waals surface area contributed by atoms with E-state index in [4.69, 9.17) is 0 Å². The number of carbonyl (C=O) groups is 2. The van der Waals surface area contributed by atoms with Crippen molar-refractivity contribution in [3.05, 3.63) is 89.1 Å². The number of halogens is 2. The molecule has 4 rings (SSSR count). The van der Waals surface area contributed by atoms with Gasteiger partial charge in [0.1, 0.15) is 23.1 Å². The molecule has 2 aromatic carbocycles. The highest BCUT2D eigenvalue weighted by molar-refractivity contribution is 8.00. The highest BCUT2D eigenvalue weighted by atomic mass is 32.2. The molecule has 0 spiro atoms. The van der Waals surface area contributed by atoms with Crippen LogP contribution in [0.4, 0.5) is 14.6 Å². The molecule has 0 aliphatic carbocycles. The zero-order valence-corrected chi connectivity index (χ0v) is 17.5. The van der Waals surface area contributed by atoms with Crippen molar-refractivity contribution in [2.24, 2.45) is 0 Å². The number of pyridine rings is 1. The van der Waals surface area contributed by atoms with Gasteiger partial charge in [-0.15, -0.1) is 11.8 Å². The molecule has 1 aliphatic heterocycles. The molecule has 1 aromatic heterocycles. The zero-order chi connectivity index (χ0) is 22.0. The third kappa shape index (κ3) is 4.74. The second-order valence-corrected chi connectivity index (χ2v) is 8.53. The standard InChI is InChI=1S/C23H19F2N3O2S/c1-14-23(30)28(13-16-9-17(24)11-18(25)10-16)21-20(31-14)8-7-19(27-21)22(29)26-12-15-5-3-2-4-6-15/h2-11,14H,12-13H2,1H3,(H,26,29). The Balaban J connectivity index is 1.60. The number of nitrogens with zero attached hydrogens (tertiary/aromatic N) is 2. The van der Waals surface area contributed by atoms with Gasteiger partial charge in [-0.1, -0.05) is 30.3 Å². The van der Waals surface area contributed by atoms with Gasteiger partial charge in [-0.25, -0.2) is 13.8 Å². The first-order valence-corrected chi connectivity index (χ1v) is 10.5. The van der Waals surface area contributed by atoms with Crippen molar-refractivity contribution in [3.63, 3.8) is 0 Å². The van der Waals surface area contributed by atoms with E-state index in [1.807, 2.05) is 30.3 Å². The Labute approximate surface area is 182 Å². The number of hydrogen-bond donors (Lipinski definition) is 1. The summed E-state index contributed by atoms with van der Waals surface area (Å²) in [5.74, 6) is -1.74. The van der Waals surface area contributed by atoms with Gasteiger partial charge in [0.05, 0.1) is 16.7 Å². The van der Waals surface area contributed by atoms with Crippen molar-refractivity contribution in [2.45, 2.75) is 30.2 Å². The predicted octanol–water partition coefficient (Wildman–Crippen LogP) is 4.32. The van der Waals surface area contributed by atoms with Crippen molar-refractivity contribution in [2.75, 3.05) is 4.90 Å². The predicted molar refractivity (Wildman–Crippen MR) is 115 cm³/mol. The van der Waals surface area contributed by atoms with Crippen molar-refractivity contribution >= 4 is 29.4 Å². The first-order valence-electron chi connectivity index (χ1n) is 9.67. The first-order chi connectivity index (χ1) is 14.9. The van der Waals surface area contributed by atoms with E-state index in [-0.39, 0.29) is 29.3 Å². The van der Waals surface area contributed by atoms with E-state index in [0.29, 0.717) is 17.9 Å². The number of amides is 2. The van der Waals surface area contributed by atoms with Crippen molar-refractivity contribution < 1.29 is 18.4 Å². The minimum Gasteiger partial charge on any atom is -0.347 e. The Morgan fingerprint density at radius 2 is 1.77 bits per heavy atom. The van der Waals surface area contributed by atoms with E-state index in [2.05, 4.69) is 10.3 Å². The SMILES string of the molecule is CC1Sc2ccc(C(=O)NCc3ccccc3)nc2N(Cc2cc(F)cc(F)c2)C1=O. The van der Waals surface area contributed by atoms with E-state index in [1.54, 1.807) is 19.1 Å². The van der Waals surface area contributed by atoms with Crippen LogP contribution in [-0.2, 0) is 17.9 Å². The average molecular weight is 439 g/mol. The van der Waals surface area contributed by atoms with E-state index in [9.17, 15) is 18.4 Å². The molecule has 1 atom stereocenters. The van der Waals surface area contributed by atoms with Gasteiger partial charge < -0.3 is 5.32 Å². The number of carbonyl (C=O) groups excluding carboxylic acids is 2. The summed E-state index contributed by atoms with van der Waals surface area (Å²) in [5, 5.41) is 2.43. The highest BCUT2D eigenvalue weighted by Crippen LogP contribution is 2.38. The number of thioether (sulfide) groups is 1. The molecule has 158 valence electrons. The monoisotopic (exact) mass is 439 g/mol. The topological polar surface area (TPSA) is 62.3 Å². The van der Waals surface area contributed by atoms with Crippen LogP contribution in [-0.4, -0.2) is 22.0 Å². The fraction of sp³-hybridized carbons (Fsp3) is 0.174. The summed E-state index contributed by atoms with van der Waals surface area (Å²) in [6.07, 6.45) is 0. The number of rotatable bonds is 5. The second-order valence-electron chi connectivity index (χ2n) is 7.15. The maximum atomic E-state index is 13.6. The van der Waals surface area contributed by atoms with E-state index >= 15 is 0 Å². The molecule has 1 aliphatic rings. The van der Waals surface area contributed by atoms with Crippen LogP contribution in [0.5, 0.6) is 0 Å². The van der Waals surface area contributed by atoms with Gasteiger partial charge in [0.25, 0.3) is 5.91 Å². The number of fused-ring (bicyclic) bond motifs is 1. The summed E-state index contributed by atoms with van der Waals surface area (Å²) in [7, 11) is 0. The molecular weight excluding hydrogens is 420 g/mol. The molecule has 0 radical (unpaired) electrons. The molecule has 1 unspecified atom stereocenters. The van der Waals surface area contributed by atoms with E-state index < -0.39 is 11.6 Å². The molecule has 0 saturated heterocycles. The Hall–Kier alpha value is -3.26. The quantitative estimate of drug-likeness (QED) is 0.643. The second kappa shape index (κ2) is 8.85. The van der Waals surface area contributed by atoms with Gasteiger partial charge in [0.2, 0.25) is 5.91 Å². The number of aromatic nitrogens is 1. The molecule has 5 nitrogen and oxygen atoms in total. The van der Waals surface area contributed by atoms with Crippen LogP contribution in [0.1, 0.15) is 28.5 Å². The van der Waals surface area contributed by atoms with Gasteiger partial charge in [-0.2, -0.15) is 0 Å². The molecule has 8 heteroatoms. The molecule has 1 N–H and O–H groups in total. The summed E-state index contributed by atoms with van der Waals surface area (Å²) in [4.78, 5) is 32.0. The van der Waals surface area contributed by atoms with Crippen LogP contribution >= 0.6 is 11.8 Å². The number of anilines is 1. The van der Waals surface area contributed by atoms with Gasteiger partial charge in [-0.05, 0) is 42.3 Å². The fourth-order valence-electron chi connectivity index (χ4n) is 3.32. The number of benzene rings is 2. The van der Waals surface area contributed by atoms with Crippen LogP contribution in [0.2, 0.25) is 0 Å². The number of hydrogen-bond acceptors (Lipinski definition) is 4. The van der Waals surface area contributed by atoms with Gasteiger partial charge in [0, 0.05) is 12.6 Å². The first kappa shape index (κ1) is 21.0. The normalized spacial score (nSPS) is 15.5. The van der Waals surface area contributed by atoms with Crippen LogP contribution in [0.3, 0.4) is 0 Å². The largest absolute Gasteiger partial charge is 0.347 e. The third-order valence-corrected chi connectivity index (χ3v) is 5.93. The van der Waals surface area contributed by atoms with Gasteiger partial charge in [0.15, 0.2) is 0 Å². The molecule has 0 fully saturated rings. The lowest BCUT2D eigenvalue weighted by atomic mass is 10.2. The minimum absolute atomic E-state index is 0.0481. The van der Waals surface area contributed by atoms with E-state index in [0.717, 1.165) is 16.5 Å². The smallest absolute Gasteiger partial charge is 0.270 e. The summed E-state index contributed by atoms with van der Waals surface area (Å²) < 4.78 is 27.3. The third-order valence-electron chi connectivity index (χ3n) is 4.80. The lowest BCUT2D eigenvalue weighted by Crippen LogP contribution is -2.40. The minimum atomic E-state index is -0.718. The van der Waals surface area contributed by atoms with Crippen molar-refractivity contribution in [1.82, 2.24) is 10.3 Å². The Morgan fingerprint density at radius 3 is 2.48 bits per heavy atom. The molecule has 31 heavy (non-hydrogen) atoms. The zero-order valence-electron chi connectivity index (χ0n) is 16.6. The molecule has 2 heterocycles. The summed E-state index contributed by atoms with van der Waals surface area (Å²) in [6.45, 7) is 2.05. The molecular formula is C23H19F2N3O2S. The Kier molecular flexibility index (Phi) is 5.99. The summed E-state index contributed by atoms with van der Waals surface area (Å²) in [6, 6.07) is 15.9. The maximum Gasteiger partial charge on any atom is 0.270 e. The van der Waals surface area contributed by atoms with Gasteiger partial charge in [-0.3, -0.25) is 14.5 Å². The molecule has 0 bridgehead atoms. The Bertz CT molecular complexity index is 1120. The molecule has 2 amide bonds. The maximum absolute atomic E-state index is 13.6. The van der Waals surface area contributed by atoms with Crippen molar-refractivity contribution in [3.8, 4) is 0 Å². The van der Waals surface area contributed by atoms with Crippen molar-refractivity contribution in [1.29, 1.82) is 0 Å². The Morgan fingerprint density at radius 1 is 1.06 bits per heavy atom. The molecule has 3 aromatic rings.